The number of carbonyl (C=O) groups excluding carboxylic acids is 1. The van der Waals surface area contributed by atoms with Crippen molar-refractivity contribution < 1.29 is 45.0 Å². The zero-order chi connectivity index (χ0) is 26.1. The highest BCUT2D eigenvalue weighted by Gasteiger charge is 2.33. The molecule has 0 saturated heterocycles. The third-order valence-electron chi connectivity index (χ3n) is 4.70. The number of rotatable bonds is 7. The summed E-state index contributed by atoms with van der Waals surface area (Å²) < 4.78 is 101. The number of nitrogens with zero attached hydrogens (tertiary/aromatic N) is 1. The fourth-order valence-electron chi connectivity index (χ4n) is 3.11. The Labute approximate surface area is 200 Å². The van der Waals surface area contributed by atoms with Crippen molar-refractivity contribution in [3.8, 4) is 16.9 Å². The van der Waals surface area contributed by atoms with Gasteiger partial charge in [-0.3, -0.25) is 14.5 Å². The standard InChI is InChI=1S/C21H14ClF5N2O5S/c1-34-20-14(22)2-10(8-30)3-18(20)35(32,33)29-17-5-12(15(23)6-16(17)24)13-7-28-19(21(25,26)27)4-11(13)9-31/h2-8,29,31H,9H2,1H3. The van der Waals surface area contributed by atoms with Crippen LogP contribution in [0.5, 0.6) is 5.75 Å². The average Bonchev–Trinajstić information content (AvgIpc) is 2.79. The van der Waals surface area contributed by atoms with Crippen molar-refractivity contribution >= 4 is 33.6 Å². The summed E-state index contributed by atoms with van der Waals surface area (Å²) in [5.74, 6) is -2.98. The summed E-state index contributed by atoms with van der Waals surface area (Å²) in [5, 5.41) is 9.26. The van der Waals surface area contributed by atoms with Crippen LogP contribution < -0.4 is 9.46 Å². The van der Waals surface area contributed by atoms with Crippen LogP contribution in [0.2, 0.25) is 5.02 Å². The molecular weight excluding hydrogens is 523 g/mol. The minimum absolute atomic E-state index is 0.139. The minimum Gasteiger partial charge on any atom is -0.494 e. The molecule has 1 heterocycles. The summed E-state index contributed by atoms with van der Waals surface area (Å²) in [7, 11) is -3.58. The Morgan fingerprint density at radius 1 is 1.11 bits per heavy atom. The summed E-state index contributed by atoms with van der Waals surface area (Å²) in [6.07, 6.45) is -3.91. The van der Waals surface area contributed by atoms with Crippen molar-refractivity contribution in [2.24, 2.45) is 0 Å². The van der Waals surface area contributed by atoms with Gasteiger partial charge in [0.15, 0.2) is 5.75 Å². The van der Waals surface area contributed by atoms with Crippen LogP contribution in [0.1, 0.15) is 21.6 Å². The molecule has 186 valence electrons. The maximum Gasteiger partial charge on any atom is 0.433 e. The lowest BCUT2D eigenvalue weighted by Gasteiger charge is -2.16. The molecule has 0 saturated carbocycles. The zero-order valence-corrected chi connectivity index (χ0v) is 19.0. The first-order chi connectivity index (χ1) is 16.3. The lowest BCUT2D eigenvalue weighted by atomic mass is 10.00. The Morgan fingerprint density at radius 2 is 1.80 bits per heavy atom. The predicted octanol–water partition coefficient (Wildman–Crippen LogP) is 4.81. The number of alkyl halides is 3. The minimum atomic E-state index is -4.85. The second-order valence-electron chi connectivity index (χ2n) is 6.95. The number of aromatic nitrogens is 1. The molecule has 0 unspecified atom stereocenters. The highest BCUT2D eigenvalue weighted by atomic mass is 35.5. The molecule has 3 rings (SSSR count). The number of methoxy groups -OCH3 is 1. The SMILES string of the molecule is COc1c(Cl)cc(C=O)cc1S(=O)(=O)Nc1cc(-c2cnc(C(F)(F)F)cc2CO)c(F)cc1F. The van der Waals surface area contributed by atoms with Crippen LogP contribution in [0, 0.1) is 11.6 Å². The van der Waals surface area contributed by atoms with Crippen molar-refractivity contribution in [3.63, 3.8) is 0 Å². The zero-order valence-electron chi connectivity index (χ0n) is 17.5. The molecule has 2 aromatic carbocycles. The van der Waals surface area contributed by atoms with E-state index in [1.165, 1.54) is 0 Å². The Hall–Kier alpha value is -3.29. The molecule has 7 nitrogen and oxygen atoms in total. The Bertz CT molecular complexity index is 1410. The number of aldehydes is 1. The molecule has 2 N–H and O–H groups in total. The van der Waals surface area contributed by atoms with E-state index in [1.807, 2.05) is 4.72 Å². The van der Waals surface area contributed by atoms with Crippen molar-refractivity contribution in [2.75, 3.05) is 11.8 Å². The van der Waals surface area contributed by atoms with Gasteiger partial charge in [0.1, 0.15) is 28.5 Å². The van der Waals surface area contributed by atoms with Gasteiger partial charge in [-0.25, -0.2) is 17.2 Å². The first kappa shape index (κ1) is 26.3. The van der Waals surface area contributed by atoms with E-state index in [-0.39, 0.29) is 21.9 Å². The third-order valence-corrected chi connectivity index (χ3v) is 6.35. The Kier molecular flexibility index (Phi) is 7.34. The van der Waals surface area contributed by atoms with Crippen LogP contribution in [0.25, 0.3) is 11.1 Å². The second kappa shape index (κ2) is 9.76. The topological polar surface area (TPSA) is 106 Å². The monoisotopic (exact) mass is 536 g/mol. The molecule has 0 aliphatic heterocycles. The molecule has 0 spiro atoms. The number of halogens is 6. The third kappa shape index (κ3) is 5.36. The number of sulfonamides is 1. The Balaban J connectivity index is 2.14. The van der Waals surface area contributed by atoms with E-state index in [4.69, 9.17) is 16.3 Å². The van der Waals surface area contributed by atoms with Gasteiger partial charge in [-0.2, -0.15) is 13.2 Å². The second-order valence-corrected chi connectivity index (χ2v) is 9.01. The normalized spacial score (nSPS) is 11.9. The van der Waals surface area contributed by atoms with Gasteiger partial charge in [-0.05, 0) is 29.8 Å². The highest BCUT2D eigenvalue weighted by molar-refractivity contribution is 7.92. The van der Waals surface area contributed by atoms with Gasteiger partial charge in [0.25, 0.3) is 10.0 Å². The van der Waals surface area contributed by atoms with Crippen molar-refractivity contribution in [2.45, 2.75) is 17.7 Å². The number of benzene rings is 2. The van der Waals surface area contributed by atoms with Gasteiger partial charge in [0, 0.05) is 29.0 Å². The molecule has 1 aromatic heterocycles. The van der Waals surface area contributed by atoms with Gasteiger partial charge in [-0.1, -0.05) is 11.6 Å². The Morgan fingerprint density at radius 3 is 2.37 bits per heavy atom. The van der Waals surface area contributed by atoms with Gasteiger partial charge in [-0.15, -0.1) is 0 Å². The van der Waals surface area contributed by atoms with E-state index < -0.39 is 61.8 Å². The summed E-state index contributed by atoms with van der Waals surface area (Å²) in [6, 6.07) is 3.52. The van der Waals surface area contributed by atoms with E-state index in [9.17, 15) is 40.3 Å². The molecule has 0 atom stereocenters. The molecule has 0 radical (unpaired) electrons. The molecule has 3 aromatic rings. The predicted molar refractivity (Wildman–Crippen MR) is 115 cm³/mol. The number of aliphatic hydroxyl groups excluding tert-OH is 1. The first-order valence-corrected chi connectivity index (χ1v) is 11.2. The summed E-state index contributed by atoms with van der Waals surface area (Å²) in [6.45, 7) is -0.951. The molecular formula is C21H14ClF5N2O5S. The number of anilines is 1. The van der Waals surface area contributed by atoms with Crippen LogP contribution in [0.4, 0.5) is 27.6 Å². The molecule has 14 heteroatoms. The molecule has 0 aliphatic rings. The average molecular weight is 537 g/mol. The van der Waals surface area contributed by atoms with Crippen LogP contribution in [-0.2, 0) is 22.8 Å². The number of carbonyl (C=O) groups is 1. The largest absolute Gasteiger partial charge is 0.494 e. The smallest absolute Gasteiger partial charge is 0.433 e. The maximum absolute atomic E-state index is 14.6. The van der Waals surface area contributed by atoms with Crippen molar-refractivity contribution in [1.82, 2.24) is 4.98 Å². The first-order valence-electron chi connectivity index (χ1n) is 9.34. The van der Waals surface area contributed by atoms with E-state index in [2.05, 4.69) is 4.98 Å². The van der Waals surface area contributed by atoms with Crippen LogP contribution in [-0.4, -0.2) is 31.9 Å². The number of nitrogens with one attached hydrogen (secondary N) is 1. The van der Waals surface area contributed by atoms with Crippen LogP contribution in [0.3, 0.4) is 0 Å². The molecule has 35 heavy (non-hydrogen) atoms. The highest BCUT2D eigenvalue weighted by Crippen LogP contribution is 2.37. The van der Waals surface area contributed by atoms with E-state index >= 15 is 0 Å². The van der Waals surface area contributed by atoms with E-state index in [1.54, 1.807) is 0 Å². The van der Waals surface area contributed by atoms with E-state index in [0.717, 1.165) is 19.2 Å². The molecule has 0 amide bonds. The van der Waals surface area contributed by atoms with E-state index in [0.29, 0.717) is 30.7 Å². The molecule has 0 fully saturated rings. The lowest BCUT2D eigenvalue weighted by molar-refractivity contribution is -0.141. The number of aliphatic hydroxyl groups is 1. The quantitative estimate of drug-likeness (QED) is 0.331. The fourth-order valence-corrected chi connectivity index (χ4v) is 4.76. The number of ether oxygens (including phenoxy) is 1. The summed E-state index contributed by atoms with van der Waals surface area (Å²) >= 11 is 5.95. The molecule has 0 bridgehead atoms. The fraction of sp³-hybridized carbons (Fsp3) is 0.143. The number of hydrogen-bond acceptors (Lipinski definition) is 6. The van der Waals surface area contributed by atoms with Crippen molar-refractivity contribution in [1.29, 1.82) is 0 Å². The van der Waals surface area contributed by atoms with Gasteiger partial charge >= 0.3 is 6.18 Å². The number of hydrogen-bond donors (Lipinski definition) is 2. The summed E-state index contributed by atoms with van der Waals surface area (Å²) in [4.78, 5) is 13.7. The van der Waals surface area contributed by atoms with Gasteiger partial charge in [0.05, 0.1) is 24.4 Å². The van der Waals surface area contributed by atoms with Crippen molar-refractivity contribution in [3.05, 3.63) is 70.0 Å². The molecule has 0 aliphatic carbocycles. The van der Waals surface area contributed by atoms with Gasteiger partial charge in [0.2, 0.25) is 0 Å². The van der Waals surface area contributed by atoms with Crippen LogP contribution in [0.15, 0.2) is 41.4 Å². The van der Waals surface area contributed by atoms with Crippen LogP contribution >= 0.6 is 11.6 Å². The van der Waals surface area contributed by atoms with Gasteiger partial charge < -0.3 is 9.84 Å². The number of pyridine rings is 1. The lowest BCUT2D eigenvalue weighted by Crippen LogP contribution is -2.16. The maximum atomic E-state index is 14.6. The summed E-state index contributed by atoms with van der Waals surface area (Å²) in [5.41, 5.74) is -3.55.